The normalized spacial score (nSPS) is 10.8. The van der Waals surface area contributed by atoms with E-state index in [9.17, 15) is 4.79 Å². The standard InChI is InChI=1S/C14H13N3O2/c1-15-11-6-4-7-12-13(11)17(14(18)19-12)9-10-5-2-3-8-16-10/h2-8,15H,9H2,1H3. The van der Waals surface area contributed by atoms with E-state index in [1.54, 1.807) is 16.8 Å². The molecule has 96 valence electrons. The molecule has 1 N–H and O–H groups in total. The van der Waals surface area contributed by atoms with Gasteiger partial charge in [0.15, 0.2) is 5.58 Å². The van der Waals surface area contributed by atoms with Gasteiger partial charge in [-0.1, -0.05) is 12.1 Å². The number of aromatic nitrogens is 2. The molecule has 0 saturated heterocycles. The van der Waals surface area contributed by atoms with Crippen LogP contribution in [0.15, 0.2) is 51.8 Å². The SMILES string of the molecule is CNc1cccc2oc(=O)n(Cc3ccccn3)c12. The van der Waals surface area contributed by atoms with Crippen LogP contribution >= 0.6 is 0 Å². The summed E-state index contributed by atoms with van der Waals surface area (Å²) in [6.45, 7) is 0.394. The van der Waals surface area contributed by atoms with Crippen LogP contribution in [-0.2, 0) is 6.54 Å². The molecule has 0 radical (unpaired) electrons. The highest BCUT2D eigenvalue weighted by Gasteiger charge is 2.13. The fourth-order valence-electron chi connectivity index (χ4n) is 2.12. The number of nitrogens with one attached hydrogen (secondary N) is 1. The minimum Gasteiger partial charge on any atom is -0.408 e. The predicted octanol–water partition coefficient (Wildman–Crippen LogP) is 2.08. The summed E-state index contributed by atoms with van der Waals surface area (Å²) in [6.07, 6.45) is 1.71. The highest BCUT2D eigenvalue weighted by Crippen LogP contribution is 2.22. The van der Waals surface area contributed by atoms with Crippen molar-refractivity contribution in [2.75, 3.05) is 12.4 Å². The van der Waals surface area contributed by atoms with Gasteiger partial charge in [-0.15, -0.1) is 0 Å². The molecular weight excluding hydrogens is 242 g/mol. The number of para-hydroxylation sites is 1. The summed E-state index contributed by atoms with van der Waals surface area (Å²) < 4.78 is 6.84. The number of anilines is 1. The number of benzene rings is 1. The first-order valence-electron chi connectivity index (χ1n) is 5.99. The number of hydrogen-bond donors (Lipinski definition) is 1. The van der Waals surface area contributed by atoms with Gasteiger partial charge < -0.3 is 9.73 Å². The number of nitrogens with zero attached hydrogens (tertiary/aromatic N) is 2. The van der Waals surface area contributed by atoms with E-state index in [1.165, 1.54) is 0 Å². The number of oxazole rings is 1. The minimum absolute atomic E-state index is 0.372. The smallest absolute Gasteiger partial charge is 0.408 e. The molecule has 0 unspecified atom stereocenters. The van der Waals surface area contributed by atoms with Crippen LogP contribution in [0.3, 0.4) is 0 Å². The van der Waals surface area contributed by atoms with Crippen molar-refractivity contribution >= 4 is 16.8 Å². The van der Waals surface area contributed by atoms with Crippen molar-refractivity contribution in [3.05, 3.63) is 58.8 Å². The average molecular weight is 255 g/mol. The van der Waals surface area contributed by atoms with Crippen LogP contribution in [0.1, 0.15) is 5.69 Å². The van der Waals surface area contributed by atoms with E-state index in [1.807, 2.05) is 37.4 Å². The Morgan fingerprint density at radius 2 is 2.16 bits per heavy atom. The van der Waals surface area contributed by atoms with E-state index in [2.05, 4.69) is 10.3 Å². The Bertz CT molecular complexity index is 759. The Balaban J connectivity index is 2.18. The summed E-state index contributed by atoms with van der Waals surface area (Å²) in [5.41, 5.74) is 3.02. The topological polar surface area (TPSA) is 60.1 Å². The Hall–Kier alpha value is -2.56. The minimum atomic E-state index is -0.372. The molecule has 0 fully saturated rings. The Labute approximate surface area is 109 Å². The Kier molecular flexibility index (Phi) is 2.79. The lowest BCUT2D eigenvalue weighted by Crippen LogP contribution is -2.16. The maximum atomic E-state index is 12.0. The fraction of sp³-hybridized carbons (Fsp3) is 0.143. The van der Waals surface area contributed by atoms with E-state index >= 15 is 0 Å². The molecule has 3 rings (SSSR count). The van der Waals surface area contributed by atoms with Crippen molar-refractivity contribution in [3.63, 3.8) is 0 Å². The van der Waals surface area contributed by atoms with Crippen LogP contribution in [0.5, 0.6) is 0 Å². The quantitative estimate of drug-likeness (QED) is 0.778. The first-order valence-corrected chi connectivity index (χ1v) is 5.99. The van der Waals surface area contributed by atoms with Crippen LogP contribution in [-0.4, -0.2) is 16.6 Å². The fourth-order valence-corrected chi connectivity index (χ4v) is 2.12. The lowest BCUT2D eigenvalue weighted by molar-refractivity contribution is 0.516. The van der Waals surface area contributed by atoms with Crippen molar-refractivity contribution in [3.8, 4) is 0 Å². The number of hydrogen-bond acceptors (Lipinski definition) is 4. The van der Waals surface area contributed by atoms with E-state index < -0.39 is 0 Å². The molecule has 0 aliphatic carbocycles. The van der Waals surface area contributed by atoms with Crippen LogP contribution in [0.4, 0.5) is 5.69 Å². The summed E-state index contributed by atoms with van der Waals surface area (Å²) in [4.78, 5) is 16.2. The molecule has 0 atom stereocenters. The van der Waals surface area contributed by atoms with Gasteiger partial charge in [-0.25, -0.2) is 4.79 Å². The monoisotopic (exact) mass is 255 g/mol. The van der Waals surface area contributed by atoms with E-state index in [0.717, 1.165) is 16.9 Å². The second-order valence-corrected chi connectivity index (χ2v) is 4.18. The van der Waals surface area contributed by atoms with Crippen molar-refractivity contribution in [1.82, 2.24) is 9.55 Å². The molecule has 2 heterocycles. The van der Waals surface area contributed by atoms with Gasteiger partial charge in [0, 0.05) is 13.2 Å². The third-order valence-electron chi connectivity index (χ3n) is 3.00. The van der Waals surface area contributed by atoms with Gasteiger partial charge in [0.25, 0.3) is 0 Å². The summed E-state index contributed by atoms with van der Waals surface area (Å²) in [5.74, 6) is -0.372. The van der Waals surface area contributed by atoms with Gasteiger partial charge in [0.05, 0.1) is 17.9 Å². The van der Waals surface area contributed by atoms with Crippen molar-refractivity contribution in [2.24, 2.45) is 0 Å². The van der Waals surface area contributed by atoms with Gasteiger partial charge in [-0.05, 0) is 24.3 Å². The van der Waals surface area contributed by atoms with E-state index in [0.29, 0.717) is 12.1 Å². The van der Waals surface area contributed by atoms with Crippen molar-refractivity contribution in [1.29, 1.82) is 0 Å². The first-order chi connectivity index (χ1) is 9.29. The molecular formula is C14H13N3O2. The Morgan fingerprint density at radius 3 is 2.89 bits per heavy atom. The first kappa shape index (κ1) is 11.5. The van der Waals surface area contributed by atoms with Crippen LogP contribution < -0.4 is 11.1 Å². The summed E-state index contributed by atoms with van der Waals surface area (Å²) in [5, 5.41) is 3.07. The van der Waals surface area contributed by atoms with Gasteiger partial charge in [0.2, 0.25) is 0 Å². The van der Waals surface area contributed by atoms with E-state index in [-0.39, 0.29) is 5.76 Å². The largest absolute Gasteiger partial charge is 0.420 e. The highest BCUT2D eigenvalue weighted by atomic mass is 16.4. The average Bonchev–Trinajstić information content (AvgIpc) is 2.76. The predicted molar refractivity (Wildman–Crippen MR) is 73.4 cm³/mol. The van der Waals surface area contributed by atoms with Crippen LogP contribution in [0.25, 0.3) is 11.1 Å². The molecule has 0 aliphatic rings. The highest BCUT2D eigenvalue weighted by molar-refractivity contribution is 5.87. The molecule has 0 amide bonds. The Morgan fingerprint density at radius 1 is 1.26 bits per heavy atom. The lowest BCUT2D eigenvalue weighted by atomic mass is 10.2. The third kappa shape index (κ3) is 1.99. The summed E-state index contributed by atoms with van der Waals surface area (Å²) >= 11 is 0. The molecule has 0 saturated carbocycles. The van der Waals surface area contributed by atoms with Gasteiger partial charge in [-0.2, -0.15) is 0 Å². The van der Waals surface area contributed by atoms with Crippen molar-refractivity contribution < 1.29 is 4.42 Å². The maximum absolute atomic E-state index is 12.0. The summed E-state index contributed by atoms with van der Waals surface area (Å²) in [7, 11) is 1.82. The lowest BCUT2D eigenvalue weighted by Gasteiger charge is -2.05. The van der Waals surface area contributed by atoms with Crippen molar-refractivity contribution in [2.45, 2.75) is 6.54 Å². The summed E-state index contributed by atoms with van der Waals surface area (Å²) in [6, 6.07) is 11.2. The molecule has 0 spiro atoms. The number of pyridine rings is 1. The van der Waals surface area contributed by atoms with E-state index in [4.69, 9.17) is 4.42 Å². The third-order valence-corrected chi connectivity index (χ3v) is 3.00. The van der Waals surface area contributed by atoms with Gasteiger partial charge >= 0.3 is 5.76 Å². The number of fused-ring (bicyclic) bond motifs is 1. The van der Waals surface area contributed by atoms with Gasteiger partial charge in [0.1, 0.15) is 5.52 Å². The molecule has 19 heavy (non-hydrogen) atoms. The number of rotatable bonds is 3. The molecule has 0 bridgehead atoms. The van der Waals surface area contributed by atoms with Crippen LogP contribution in [0, 0.1) is 0 Å². The molecule has 5 heteroatoms. The molecule has 3 aromatic rings. The van der Waals surface area contributed by atoms with Crippen LogP contribution in [0.2, 0.25) is 0 Å². The molecule has 5 nitrogen and oxygen atoms in total. The zero-order valence-corrected chi connectivity index (χ0v) is 10.5. The maximum Gasteiger partial charge on any atom is 0.420 e. The second kappa shape index (κ2) is 4.61. The zero-order chi connectivity index (χ0) is 13.2. The molecule has 1 aromatic carbocycles. The van der Waals surface area contributed by atoms with Gasteiger partial charge in [-0.3, -0.25) is 9.55 Å². The second-order valence-electron chi connectivity index (χ2n) is 4.18. The molecule has 2 aromatic heterocycles. The zero-order valence-electron chi connectivity index (χ0n) is 10.5. The molecule has 0 aliphatic heterocycles.